The highest BCUT2D eigenvalue weighted by atomic mass is 16.4. The van der Waals surface area contributed by atoms with Crippen LogP contribution in [-0.4, -0.2) is 58.7 Å². The van der Waals surface area contributed by atoms with Crippen molar-refractivity contribution in [3.63, 3.8) is 0 Å². The molecule has 0 bridgehead atoms. The minimum absolute atomic E-state index is 0.101. The first-order valence-corrected chi connectivity index (χ1v) is 8.15. The summed E-state index contributed by atoms with van der Waals surface area (Å²) in [7, 11) is 0. The number of benzene rings is 1. The molecule has 2 aliphatic heterocycles. The Labute approximate surface area is 140 Å². The third-order valence-electron chi connectivity index (χ3n) is 5.31. The van der Waals surface area contributed by atoms with Gasteiger partial charge in [-0.25, -0.2) is 9.97 Å². The van der Waals surface area contributed by atoms with Crippen LogP contribution in [0.1, 0.15) is 0 Å². The predicted molar refractivity (Wildman–Crippen MR) is 91.9 cm³/mol. The van der Waals surface area contributed by atoms with Gasteiger partial charge in [0.05, 0.1) is 5.52 Å². The Morgan fingerprint density at radius 2 is 2.17 bits per heavy atom. The summed E-state index contributed by atoms with van der Waals surface area (Å²) in [5.74, 6) is 0.231. The second kappa shape index (κ2) is 5.56. The van der Waals surface area contributed by atoms with Crippen LogP contribution < -0.4 is 4.90 Å². The quantitative estimate of drug-likeness (QED) is 0.862. The maximum Gasteiger partial charge on any atom is 0.313 e. The first kappa shape index (κ1) is 15.1. The summed E-state index contributed by atoms with van der Waals surface area (Å²) in [6, 6.07) is 7.86. The number of rotatable bonds is 4. The number of aliphatic carboxylic acids is 1. The number of likely N-dealkylation sites (tertiary alicyclic amines) is 1. The number of nitrogens with zero attached hydrogens (tertiary/aromatic N) is 4. The van der Waals surface area contributed by atoms with E-state index >= 15 is 0 Å². The number of carboxylic acids is 1. The summed E-state index contributed by atoms with van der Waals surface area (Å²) in [4.78, 5) is 25.1. The minimum atomic E-state index is -0.727. The van der Waals surface area contributed by atoms with Crippen molar-refractivity contribution < 1.29 is 9.90 Å². The summed E-state index contributed by atoms with van der Waals surface area (Å²) in [5.41, 5.74) is 0.159. The van der Waals surface area contributed by atoms with Gasteiger partial charge in [0.15, 0.2) is 0 Å². The lowest BCUT2D eigenvalue weighted by atomic mass is 9.81. The topological polar surface area (TPSA) is 69.6 Å². The van der Waals surface area contributed by atoms with Crippen LogP contribution in [0.5, 0.6) is 0 Å². The first-order valence-electron chi connectivity index (χ1n) is 8.15. The second-order valence-electron chi connectivity index (χ2n) is 6.74. The van der Waals surface area contributed by atoms with E-state index in [1.165, 1.54) is 0 Å². The van der Waals surface area contributed by atoms with E-state index in [0.717, 1.165) is 29.8 Å². The molecule has 124 valence electrons. The van der Waals surface area contributed by atoms with Gasteiger partial charge < -0.3 is 10.0 Å². The summed E-state index contributed by atoms with van der Waals surface area (Å²) in [6.45, 7) is 7.06. The Kier molecular flexibility index (Phi) is 3.49. The van der Waals surface area contributed by atoms with Crippen LogP contribution in [0.2, 0.25) is 0 Å². The average Bonchev–Trinajstić information content (AvgIpc) is 3.09. The molecule has 1 aromatic heterocycles. The van der Waals surface area contributed by atoms with E-state index in [9.17, 15) is 9.90 Å². The number of para-hydroxylation sites is 1. The molecular weight excluding hydrogens is 304 g/mol. The van der Waals surface area contributed by atoms with Gasteiger partial charge in [0, 0.05) is 44.0 Å². The van der Waals surface area contributed by atoms with Crippen molar-refractivity contribution in [3.8, 4) is 0 Å². The largest absolute Gasteiger partial charge is 0.481 e. The third kappa shape index (κ3) is 2.17. The molecule has 0 radical (unpaired) electrons. The number of carbonyl (C=O) groups is 1. The number of hydrogen-bond donors (Lipinski definition) is 1. The highest BCUT2D eigenvalue weighted by molar-refractivity contribution is 5.90. The van der Waals surface area contributed by atoms with E-state index < -0.39 is 11.4 Å². The standard InChI is InChI=1S/C18H20N4O2/c1-2-7-21-8-13-9-22(11-18(13,10-21)17(23)24)16-14-5-3-4-6-15(14)19-12-20-16/h2-6,12-13H,1,7-11H2,(H,23,24)/t13-,18-/m1/s1. The Hall–Kier alpha value is -2.47. The molecule has 4 rings (SSSR count). The SMILES string of the molecule is C=CCN1C[C@@H]2CN(c3ncnc4ccccc34)C[C@]2(C(=O)O)C1. The first-order chi connectivity index (χ1) is 11.6. The van der Waals surface area contributed by atoms with E-state index in [2.05, 4.69) is 26.3 Å². The molecule has 2 aromatic rings. The number of carboxylic acid groups (broad SMARTS) is 1. The van der Waals surface area contributed by atoms with Crippen molar-refractivity contribution in [1.82, 2.24) is 14.9 Å². The number of hydrogen-bond acceptors (Lipinski definition) is 5. The molecule has 2 saturated heterocycles. The molecule has 2 atom stereocenters. The van der Waals surface area contributed by atoms with Crippen LogP contribution in [-0.2, 0) is 4.79 Å². The number of aromatic nitrogens is 2. The van der Waals surface area contributed by atoms with Crippen LogP contribution in [0.15, 0.2) is 43.2 Å². The highest BCUT2D eigenvalue weighted by Crippen LogP contribution is 2.44. The third-order valence-corrected chi connectivity index (χ3v) is 5.31. The van der Waals surface area contributed by atoms with Gasteiger partial charge in [-0.15, -0.1) is 6.58 Å². The van der Waals surface area contributed by atoms with Crippen molar-refractivity contribution in [2.45, 2.75) is 0 Å². The Morgan fingerprint density at radius 1 is 1.33 bits per heavy atom. The van der Waals surface area contributed by atoms with E-state index in [4.69, 9.17) is 0 Å². The van der Waals surface area contributed by atoms with Crippen molar-refractivity contribution >= 4 is 22.7 Å². The molecule has 0 unspecified atom stereocenters. The molecule has 2 fully saturated rings. The molecule has 3 heterocycles. The second-order valence-corrected chi connectivity index (χ2v) is 6.74. The van der Waals surface area contributed by atoms with Crippen LogP contribution in [0.25, 0.3) is 10.9 Å². The molecule has 1 aromatic carbocycles. The summed E-state index contributed by atoms with van der Waals surface area (Å²) in [5, 5.41) is 10.9. The van der Waals surface area contributed by atoms with Crippen molar-refractivity contribution in [2.24, 2.45) is 11.3 Å². The van der Waals surface area contributed by atoms with Gasteiger partial charge >= 0.3 is 5.97 Å². The van der Waals surface area contributed by atoms with E-state index in [1.54, 1.807) is 6.33 Å². The Morgan fingerprint density at radius 3 is 2.92 bits per heavy atom. The van der Waals surface area contributed by atoms with Crippen molar-refractivity contribution in [2.75, 3.05) is 37.6 Å². The van der Waals surface area contributed by atoms with Gasteiger partial charge in [-0.05, 0) is 12.1 Å². The van der Waals surface area contributed by atoms with E-state index in [0.29, 0.717) is 19.6 Å². The Balaban J connectivity index is 1.69. The summed E-state index contributed by atoms with van der Waals surface area (Å²) >= 11 is 0. The van der Waals surface area contributed by atoms with Gasteiger partial charge in [-0.2, -0.15) is 0 Å². The zero-order chi connectivity index (χ0) is 16.7. The molecule has 6 heteroatoms. The van der Waals surface area contributed by atoms with Gasteiger partial charge in [0.1, 0.15) is 17.6 Å². The van der Waals surface area contributed by atoms with Gasteiger partial charge in [0.2, 0.25) is 0 Å². The molecular formula is C18H20N4O2. The smallest absolute Gasteiger partial charge is 0.313 e. The lowest BCUT2D eigenvalue weighted by Gasteiger charge is -2.26. The molecule has 0 spiro atoms. The monoisotopic (exact) mass is 324 g/mol. The molecule has 0 saturated carbocycles. The molecule has 0 aliphatic carbocycles. The van der Waals surface area contributed by atoms with Crippen LogP contribution >= 0.6 is 0 Å². The zero-order valence-electron chi connectivity index (χ0n) is 13.4. The molecule has 6 nitrogen and oxygen atoms in total. The molecule has 1 N–H and O–H groups in total. The van der Waals surface area contributed by atoms with Gasteiger partial charge in [-0.1, -0.05) is 18.2 Å². The molecule has 2 aliphatic rings. The molecule has 0 amide bonds. The van der Waals surface area contributed by atoms with Gasteiger partial charge in [0.25, 0.3) is 0 Å². The van der Waals surface area contributed by atoms with Crippen LogP contribution in [0, 0.1) is 11.3 Å². The van der Waals surface area contributed by atoms with E-state index in [-0.39, 0.29) is 5.92 Å². The fourth-order valence-electron chi connectivity index (χ4n) is 4.20. The fraction of sp³-hybridized carbons (Fsp3) is 0.389. The predicted octanol–water partition coefficient (Wildman–Crippen LogP) is 1.64. The fourth-order valence-corrected chi connectivity index (χ4v) is 4.20. The lowest BCUT2D eigenvalue weighted by molar-refractivity contribution is -0.148. The Bertz CT molecular complexity index is 803. The highest BCUT2D eigenvalue weighted by Gasteiger charge is 2.57. The van der Waals surface area contributed by atoms with Crippen molar-refractivity contribution in [1.29, 1.82) is 0 Å². The number of fused-ring (bicyclic) bond motifs is 2. The molecule has 24 heavy (non-hydrogen) atoms. The van der Waals surface area contributed by atoms with Crippen molar-refractivity contribution in [3.05, 3.63) is 43.2 Å². The normalized spacial score (nSPS) is 26.7. The van der Waals surface area contributed by atoms with Crippen LogP contribution in [0.4, 0.5) is 5.82 Å². The minimum Gasteiger partial charge on any atom is -0.481 e. The average molecular weight is 324 g/mol. The zero-order valence-corrected chi connectivity index (χ0v) is 13.4. The lowest BCUT2D eigenvalue weighted by Crippen LogP contribution is -2.41. The maximum atomic E-state index is 12.1. The van der Waals surface area contributed by atoms with E-state index in [1.807, 2.05) is 30.3 Å². The summed E-state index contributed by atoms with van der Waals surface area (Å²) in [6.07, 6.45) is 3.40. The number of anilines is 1. The maximum absolute atomic E-state index is 12.1. The summed E-state index contributed by atoms with van der Waals surface area (Å²) < 4.78 is 0. The van der Waals surface area contributed by atoms with Crippen LogP contribution in [0.3, 0.4) is 0 Å². The van der Waals surface area contributed by atoms with Gasteiger partial charge in [-0.3, -0.25) is 9.69 Å².